The average molecular weight is 310 g/mol. The number of carbonyl (C=O) groups is 1. The minimum absolute atomic E-state index is 0.0141. The van der Waals surface area contributed by atoms with Gasteiger partial charge in [0, 0.05) is 6.04 Å². The lowest BCUT2D eigenvalue weighted by molar-refractivity contribution is -0.145. The van der Waals surface area contributed by atoms with Gasteiger partial charge in [-0.2, -0.15) is 0 Å². The Balaban J connectivity index is 1.90. The first-order valence-corrected chi connectivity index (χ1v) is 8.54. The molecule has 7 heteroatoms. The topological polar surface area (TPSA) is 95.5 Å². The van der Waals surface area contributed by atoms with Crippen LogP contribution in [0.5, 0.6) is 0 Å². The lowest BCUT2D eigenvalue weighted by Crippen LogP contribution is -2.52. The van der Waals surface area contributed by atoms with Crippen LogP contribution >= 0.6 is 0 Å². The molecule has 3 N–H and O–H groups in total. The van der Waals surface area contributed by atoms with Crippen LogP contribution in [0.3, 0.4) is 0 Å². The van der Waals surface area contributed by atoms with Gasteiger partial charge in [-0.15, -0.1) is 0 Å². The van der Waals surface area contributed by atoms with Crippen molar-refractivity contribution in [1.29, 1.82) is 0 Å². The average Bonchev–Trinajstić information content (AvgIpc) is 3.17. The highest BCUT2D eigenvalue weighted by Gasteiger charge is 2.45. The molecule has 0 aliphatic heterocycles. The quantitative estimate of drug-likeness (QED) is 0.741. The lowest BCUT2D eigenvalue weighted by Gasteiger charge is -2.39. The fourth-order valence-electron chi connectivity index (χ4n) is 2.47. The highest BCUT2D eigenvalue weighted by molar-refractivity contribution is 7.89. The molecule has 0 spiro atoms. The molecule has 0 amide bonds. The smallest absolute Gasteiger partial charge is 0.329 e. The molecule has 1 aromatic rings. The molecule has 2 fully saturated rings. The molecular weight excluding hydrogens is 292 g/mol. The van der Waals surface area contributed by atoms with E-state index in [9.17, 15) is 18.3 Å². The summed E-state index contributed by atoms with van der Waals surface area (Å²) in [6.07, 6.45) is 3.55. The minimum Gasteiger partial charge on any atom is -0.480 e. The first-order valence-electron chi connectivity index (χ1n) is 7.06. The summed E-state index contributed by atoms with van der Waals surface area (Å²) in [5.41, 5.74) is -0.682. The minimum atomic E-state index is -3.62. The molecule has 0 aromatic heterocycles. The van der Waals surface area contributed by atoms with Crippen LogP contribution in [0.1, 0.15) is 32.1 Å². The molecule has 0 unspecified atom stereocenters. The third kappa shape index (κ3) is 2.75. The highest BCUT2D eigenvalue weighted by atomic mass is 32.2. The van der Waals surface area contributed by atoms with Gasteiger partial charge in [-0.05, 0) is 44.2 Å². The summed E-state index contributed by atoms with van der Waals surface area (Å²) in [4.78, 5) is 11.5. The normalized spacial score (nSPS) is 20.6. The van der Waals surface area contributed by atoms with E-state index in [2.05, 4.69) is 10.0 Å². The second-order valence-corrected chi connectivity index (χ2v) is 7.44. The first kappa shape index (κ1) is 14.3. The van der Waals surface area contributed by atoms with E-state index in [1.807, 2.05) is 0 Å². The standard InChI is InChI=1S/C14H18N2O4S/c17-13(18)14(8-3-9-14)15-11-4-1-2-5-12(11)21(19,20)16-10-6-7-10/h1-2,4-5,10,15-16H,3,6-9H2,(H,17,18). The highest BCUT2D eigenvalue weighted by Crippen LogP contribution is 2.37. The van der Waals surface area contributed by atoms with Crippen LogP contribution in [0, 0.1) is 0 Å². The molecule has 2 aliphatic rings. The van der Waals surface area contributed by atoms with Gasteiger partial charge in [0.25, 0.3) is 0 Å². The molecular formula is C14H18N2O4S. The van der Waals surface area contributed by atoms with Gasteiger partial charge in [0.2, 0.25) is 10.0 Å². The molecule has 6 nitrogen and oxygen atoms in total. The van der Waals surface area contributed by atoms with Crippen LogP contribution in [-0.2, 0) is 14.8 Å². The molecule has 0 bridgehead atoms. The van der Waals surface area contributed by atoms with E-state index in [1.165, 1.54) is 6.07 Å². The zero-order valence-corrected chi connectivity index (χ0v) is 12.3. The Kier molecular flexibility index (Phi) is 3.41. The maximum absolute atomic E-state index is 12.4. The molecule has 0 atom stereocenters. The van der Waals surface area contributed by atoms with Crippen molar-refractivity contribution in [1.82, 2.24) is 4.72 Å². The van der Waals surface area contributed by atoms with Gasteiger partial charge in [-0.3, -0.25) is 0 Å². The van der Waals surface area contributed by atoms with Crippen LogP contribution in [0.25, 0.3) is 0 Å². The number of rotatable bonds is 6. The van der Waals surface area contributed by atoms with Crippen molar-refractivity contribution in [3.05, 3.63) is 24.3 Å². The number of carboxylic acids is 1. The van der Waals surface area contributed by atoms with Crippen LogP contribution in [0.4, 0.5) is 5.69 Å². The summed E-state index contributed by atoms with van der Waals surface area (Å²) in [6, 6.07) is 6.47. The monoisotopic (exact) mass is 310 g/mol. The Morgan fingerprint density at radius 3 is 2.43 bits per heavy atom. The number of nitrogens with one attached hydrogen (secondary N) is 2. The Bertz CT molecular complexity index is 663. The molecule has 114 valence electrons. The summed E-state index contributed by atoms with van der Waals surface area (Å²) in [7, 11) is -3.62. The predicted octanol–water partition coefficient (Wildman–Crippen LogP) is 1.55. The van der Waals surface area contributed by atoms with Crippen molar-refractivity contribution in [2.45, 2.75) is 48.6 Å². The molecule has 2 saturated carbocycles. The molecule has 0 radical (unpaired) electrons. The fraction of sp³-hybridized carbons (Fsp3) is 0.500. The predicted molar refractivity (Wildman–Crippen MR) is 77.6 cm³/mol. The van der Waals surface area contributed by atoms with Gasteiger partial charge < -0.3 is 10.4 Å². The van der Waals surface area contributed by atoms with E-state index in [0.717, 1.165) is 19.3 Å². The van der Waals surface area contributed by atoms with Crippen molar-refractivity contribution < 1.29 is 18.3 Å². The Morgan fingerprint density at radius 2 is 1.90 bits per heavy atom. The number of benzene rings is 1. The van der Waals surface area contributed by atoms with E-state index in [0.29, 0.717) is 18.5 Å². The second-order valence-electron chi connectivity index (χ2n) is 5.76. The van der Waals surface area contributed by atoms with E-state index in [-0.39, 0.29) is 10.9 Å². The third-order valence-electron chi connectivity index (χ3n) is 4.07. The van der Waals surface area contributed by atoms with E-state index < -0.39 is 21.5 Å². The number of para-hydroxylation sites is 1. The SMILES string of the molecule is O=C(O)C1(Nc2ccccc2S(=O)(=O)NC2CC2)CCC1. The maximum Gasteiger partial charge on any atom is 0.329 e. The number of sulfonamides is 1. The molecule has 2 aliphatic carbocycles. The summed E-state index contributed by atoms with van der Waals surface area (Å²) in [6.45, 7) is 0. The Hall–Kier alpha value is -1.60. The Labute approximate surface area is 123 Å². The fourth-order valence-corrected chi connectivity index (χ4v) is 3.94. The summed E-state index contributed by atoms with van der Waals surface area (Å²) in [5.74, 6) is -0.934. The lowest BCUT2D eigenvalue weighted by atomic mass is 9.76. The third-order valence-corrected chi connectivity index (χ3v) is 5.64. The van der Waals surface area contributed by atoms with Gasteiger partial charge in [-0.1, -0.05) is 12.1 Å². The van der Waals surface area contributed by atoms with E-state index in [1.54, 1.807) is 18.2 Å². The van der Waals surface area contributed by atoms with Gasteiger partial charge in [0.15, 0.2) is 0 Å². The Morgan fingerprint density at radius 1 is 1.24 bits per heavy atom. The number of hydrogen-bond acceptors (Lipinski definition) is 4. The summed E-state index contributed by atoms with van der Waals surface area (Å²) in [5, 5.41) is 12.3. The number of anilines is 1. The van der Waals surface area contributed by atoms with Gasteiger partial charge in [0.05, 0.1) is 5.69 Å². The van der Waals surface area contributed by atoms with Crippen molar-refractivity contribution in [3.63, 3.8) is 0 Å². The number of aliphatic carboxylic acids is 1. The van der Waals surface area contributed by atoms with Gasteiger partial charge in [0.1, 0.15) is 10.4 Å². The van der Waals surface area contributed by atoms with Gasteiger partial charge >= 0.3 is 5.97 Å². The molecule has 0 saturated heterocycles. The van der Waals surface area contributed by atoms with Crippen molar-refractivity contribution in [2.24, 2.45) is 0 Å². The van der Waals surface area contributed by atoms with E-state index >= 15 is 0 Å². The number of carboxylic acid groups (broad SMARTS) is 1. The molecule has 1 aromatic carbocycles. The first-order chi connectivity index (χ1) is 9.93. The van der Waals surface area contributed by atoms with Gasteiger partial charge in [-0.25, -0.2) is 17.9 Å². The zero-order valence-electron chi connectivity index (χ0n) is 11.5. The van der Waals surface area contributed by atoms with Crippen LogP contribution in [0.15, 0.2) is 29.2 Å². The molecule has 3 rings (SSSR count). The zero-order chi connectivity index (χ0) is 15.1. The maximum atomic E-state index is 12.4. The van der Waals surface area contributed by atoms with Crippen LogP contribution < -0.4 is 10.0 Å². The summed E-state index contributed by atoms with van der Waals surface area (Å²) < 4.78 is 27.4. The van der Waals surface area contributed by atoms with E-state index in [4.69, 9.17) is 0 Å². The van der Waals surface area contributed by atoms with Crippen LogP contribution in [-0.4, -0.2) is 31.1 Å². The second kappa shape index (κ2) is 4.99. The largest absolute Gasteiger partial charge is 0.480 e. The van der Waals surface area contributed by atoms with Crippen molar-refractivity contribution in [3.8, 4) is 0 Å². The van der Waals surface area contributed by atoms with Crippen molar-refractivity contribution in [2.75, 3.05) is 5.32 Å². The summed E-state index contributed by atoms with van der Waals surface area (Å²) >= 11 is 0. The number of hydrogen-bond donors (Lipinski definition) is 3. The molecule has 21 heavy (non-hydrogen) atoms. The van der Waals surface area contributed by atoms with Crippen LogP contribution in [0.2, 0.25) is 0 Å². The van der Waals surface area contributed by atoms with Crippen molar-refractivity contribution >= 4 is 21.7 Å². The molecule has 0 heterocycles.